The van der Waals surface area contributed by atoms with Gasteiger partial charge in [-0.2, -0.15) is 0 Å². The van der Waals surface area contributed by atoms with Crippen LogP contribution in [0.2, 0.25) is 0 Å². The third-order valence-corrected chi connectivity index (χ3v) is 3.09. The smallest absolute Gasteiger partial charge is 0.0591 e. The number of nitrogens with two attached hydrogens (primary N) is 1. The maximum Gasteiger partial charge on any atom is 0.0591 e. The van der Waals surface area contributed by atoms with Crippen LogP contribution in [-0.4, -0.2) is 18.8 Å². The highest BCUT2D eigenvalue weighted by Gasteiger charge is 2.22. The van der Waals surface area contributed by atoms with Crippen LogP contribution in [0.25, 0.3) is 0 Å². The van der Waals surface area contributed by atoms with Gasteiger partial charge < -0.3 is 4.74 Å². The Labute approximate surface area is 81.0 Å². The lowest BCUT2D eigenvalue weighted by Crippen LogP contribution is -2.42. The summed E-state index contributed by atoms with van der Waals surface area (Å²) in [4.78, 5) is 0. The van der Waals surface area contributed by atoms with Crippen LogP contribution in [0.15, 0.2) is 0 Å². The Balaban J connectivity index is 2.29. The van der Waals surface area contributed by atoms with E-state index in [0.29, 0.717) is 18.1 Å². The van der Waals surface area contributed by atoms with Gasteiger partial charge in [-0.25, -0.2) is 0 Å². The Hall–Kier alpha value is -0.120. The van der Waals surface area contributed by atoms with Crippen molar-refractivity contribution in [2.75, 3.05) is 6.61 Å². The minimum Gasteiger partial charge on any atom is -0.378 e. The van der Waals surface area contributed by atoms with Crippen molar-refractivity contribution in [2.24, 2.45) is 11.8 Å². The fraction of sp³-hybridized carbons (Fsp3) is 1.00. The van der Waals surface area contributed by atoms with Gasteiger partial charge in [-0.1, -0.05) is 20.3 Å². The normalized spacial score (nSPS) is 27.5. The van der Waals surface area contributed by atoms with Crippen molar-refractivity contribution in [1.29, 1.82) is 0 Å². The SMILES string of the molecule is CCC(C)C(CC1CCCO1)NN. The molecule has 1 fully saturated rings. The minimum atomic E-state index is 0.410. The van der Waals surface area contributed by atoms with Gasteiger partial charge in [0.25, 0.3) is 0 Å². The molecular formula is C10H22N2O. The first-order valence-electron chi connectivity index (χ1n) is 5.35. The molecule has 3 unspecified atom stereocenters. The monoisotopic (exact) mass is 186 g/mol. The predicted octanol–water partition coefficient (Wildman–Crippen LogP) is 1.43. The summed E-state index contributed by atoms with van der Waals surface area (Å²) in [7, 11) is 0. The van der Waals surface area contributed by atoms with Crippen molar-refractivity contribution in [3.05, 3.63) is 0 Å². The topological polar surface area (TPSA) is 47.3 Å². The highest BCUT2D eigenvalue weighted by Crippen LogP contribution is 2.20. The number of nitrogens with one attached hydrogen (secondary N) is 1. The Bertz CT molecular complexity index is 135. The lowest BCUT2D eigenvalue weighted by atomic mass is 9.94. The zero-order chi connectivity index (χ0) is 9.68. The van der Waals surface area contributed by atoms with Crippen LogP contribution in [0.5, 0.6) is 0 Å². The average molecular weight is 186 g/mol. The van der Waals surface area contributed by atoms with Gasteiger partial charge in [-0.3, -0.25) is 11.3 Å². The quantitative estimate of drug-likeness (QED) is 0.504. The van der Waals surface area contributed by atoms with E-state index in [4.69, 9.17) is 10.6 Å². The van der Waals surface area contributed by atoms with Gasteiger partial charge in [-0.05, 0) is 25.2 Å². The molecule has 0 radical (unpaired) electrons. The molecule has 1 aliphatic heterocycles. The summed E-state index contributed by atoms with van der Waals surface area (Å²) >= 11 is 0. The number of hydrazine groups is 1. The number of rotatable bonds is 5. The molecule has 1 saturated heterocycles. The van der Waals surface area contributed by atoms with Crippen LogP contribution >= 0.6 is 0 Å². The third kappa shape index (κ3) is 3.25. The highest BCUT2D eigenvalue weighted by atomic mass is 16.5. The summed E-state index contributed by atoms with van der Waals surface area (Å²) < 4.78 is 5.58. The van der Waals surface area contributed by atoms with Crippen molar-refractivity contribution in [1.82, 2.24) is 5.43 Å². The van der Waals surface area contributed by atoms with Gasteiger partial charge >= 0.3 is 0 Å². The molecule has 3 heteroatoms. The van der Waals surface area contributed by atoms with Crippen LogP contribution in [0.4, 0.5) is 0 Å². The van der Waals surface area contributed by atoms with Crippen LogP contribution in [-0.2, 0) is 4.74 Å². The first kappa shape index (κ1) is 11.0. The largest absolute Gasteiger partial charge is 0.378 e. The summed E-state index contributed by atoms with van der Waals surface area (Å²) in [5.74, 6) is 6.16. The fourth-order valence-corrected chi connectivity index (χ4v) is 1.86. The van der Waals surface area contributed by atoms with Crippen molar-refractivity contribution >= 4 is 0 Å². The van der Waals surface area contributed by atoms with Crippen molar-refractivity contribution in [2.45, 2.75) is 51.7 Å². The molecule has 1 rings (SSSR count). The molecule has 0 aromatic heterocycles. The van der Waals surface area contributed by atoms with E-state index < -0.39 is 0 Å². The minimum absolute atomic E-state index is 0.410. The lowest BCUT2D eigenvalue weighted by Gasteiger charge is -2.24. The molecule has 13 heavy (non-hydrogen) atoms. The molecule has 0 aliphatic carbocycles. The van der Waals surface area contributed by atoms with E-state index >= 15 is 0 Å². The number of ether oxygens (including phenoxy) is 1. The number of hydrogen-bond donors (Lipinski definition) is 2. The zero-order valence-electron chi connectivity index (χ0n) is 8.75. The standard InChI is InChI=1S/C10H22N2O/c1-3-8(2)10(12-11)7-9-5-4-6-13-9/h8-10,12H,3-7,11H2,1-2H3. The molecule has 0 amide bonds. The second-order valence-corrected chi connectivity index (χ2v) is 4.03. The molecule has 0 saturated carbocycles. The first-order chi connectivity index (χ1) is 6.27. The van der Waals surface area contributed by atoms with E-state index in [0.717, 1.165) is 13.0 Å². The van der Waals surface area contributed by atoms with Crippen LogP contribution in [0.3, 0.4) is 0 Å². The van der Waals surface area contributed by atoms with Crippen LogP contribution < -0.4 is 11.3 Å². The molecule has 0 aromatic rings. The molecule has 3 atom stereocenters. The molecular weight excluding hydrogens is 164 g/mol. The Morgan fingerprint density at radius 1 is 1.62 bits per heavy atom. The predicted molar refractivity (Wildman–Crippen MR) is 54.2 cm³/mol. The summed E-state index contributed by atoms with van der Waals surface area (Å²) in [6, 6.07) is 0.410. The van der Waals surface area contributed by atoms with Crippen LogP contribution in [0, 0.1) is 5.92 Å². The second-order valence-electron chi connectivity index (χ2n) is 4.03. The zero-order valence-corrected chi connectivity index (χ0v) is 8.75. The summed E-state index contributed by atoms with van der Waals surface area (Å²) in [6.45, 7) is 5.37. The van der Waals surface area contributed by atoms with Gasteiger partial charge in [0, 0.05) is 12.6 Å². The van der Waals surface area contributed by atoms with E-state index in [1.54, 1.807) is 0 Å². The van der Waals surface area contributed by atoms with E-state index in [1.165, 1.54) is 19.3 Å². The van der Waals surface area contributed by atoms with E-state index in [2.05, 4.69) is 19.3 Å². The first-order valence-corrected chi connectivity index (χ1v) is 5.35. The number of hydrogen-bond acceptors (Lipinski definition) is 3. The molecule has 78 valence electrons. The van der Waals surface area contributed by atoms with Gasteiger partial charge in [0.2, 0.25) is 0 Å². The maximum atomic E-state index is 5.58. The van der Waals surface area contributed by atoms with Gasteiger partial charge in [-0.15, -0.1) is 0 Å². The van der Waals surface area contributed by atoms with Gasteiger partial charge in [0.15, 0.2) is 0 Å². The van der Waals surface area contributed by atoms with Crippen molar-refractivity contribution < 1.29 is 4.74 Å². The summed E-state index contributed by atoms with van der Waals surface area (Å²) in [5.41, 5.74) is 2.90. The van der Waals surface area contributed by atoms with E-state index in [1.807, 2.05) is 0 Å². The Morgan fingerprint density at radius 3 is 2.85 bits per heavy atom. The van der Waals surface area contributed by atoms with E-state index in [9.17, 15) is 0 Å². The summed E-state index contributed by atoms with van der Waals surface area (Å²) in [6.07, 6.45) is 5.08. The molecule has 0 bridgehead atoms. The third-order valence-electron chi connectivity index (χ3n) is 3.09. The fourth-order valence-electron chi connectivity index (χ4n) is 1.86. The average Bonchev–Trinajstić information content (AvgIpc) is 2.65. The summed E-state index contributed by atoms with van der Waals surface area (Å²) in [5, 5.41) is 0. The van der Waals surface area contributed by atoms with Gasteiger partial charge in [0.1, 0.15) is 0 Å². The van der Waals surface area contributed by atoms with Crippen LogP contribution in [0.1, 0.15) is 39.5 Å². The maximum absolute atomic E-state index is 5.58. The van der Waals surface area contributed by atoms with Gasteiger partial charge in [0.05, 0.1) is 6.10 Å². The Kier molecular flexibility index (Phi) is 4.70. The van der Waals surface area contributed by atoms with Crippen molar-refractivity contribution in [3.63, 3.8) is 0 Å². The molecule has 1 heterocycles. The molecule has 0 aromatic carbocycles. The Morgan fingerprint density at radius 2 is 2.38 bits per heavy atom. The molecule has 0 spiro atoms. The molecule has 3 nitrogen and oxygen atoms in total. The molecule has 1 aliphatic rings. The highest BCUT2D eigenvalue weighted by molar-refractivity contribution is 4.76. The lowest BCUT2D eigenvalue weighted by molar-refractivity contribution is 0.0876. The van der Waals surface area contributed by atoms with Crippen molar-refractivity contribution in [3.8, 4) is 0 Å². The van der Waals surface area contributed by atoms with E-state index in [-0.39, 0.29) is 0 Å². The second kappa shape index (κ2) is 5.58. The molecule has 3 N–H and O–H groups in total.